The average Bonchev–Trinajstić information content (AvgIpc) is 2.26. The van der Waals surface area contributed by atoms with Crippen LogP contribution in [0.5, 0.6) is 0 Å². The summed E-state index contributed by atoms with van der Waals surface area (Å²) in [6.45, 7) is -10.3. The van der Waals surface area contributed by atoms with Crippen LogP contribution in [0.25, 0.3) is 0 Å². The Bertz CT molecular complexity index is 622. The summed E-state index contributed by atoms with van der Waals surface area (Å²) in [7, 11) is 0. The predicted octanol–water partition coefficient (Wildman–Crippen LogP) is 2.72. The molecule has 0 spiro atoms. The SMILES string of the molecule is O=P(O)(O)SP(=O)(O)Nc1c(F)c(F)c(F)c(F)c1F. The van der Waals surface area contributed by atoms with Crippen molar-refractivity contribution in [3.8, 4) is 0 Å². The smallest absolute Gasteiger partial charge is 0.321 e. The van der Waals surface area contributed by atoms with Crippen LogP contribution in [0.2, 0.25) is 0 Å². The minimum Gasteiger partial charge on any atom is -0.321 e. The maximum atomic E-state index is 13.1. The van der Waals surface area contributed by atoms with Crippen LogP contribution in [0, 0.1) is 29.1 Å². The van der Waals surface area contributed by atoms with Gasteiger partial charge in [0, 0.05) is 0 Å². The quantitative estimate of drug-likeness (QED) is 0.283. The zero-order valence-corrected chi connectivity index (χ0v) is 11.5. The lowest BCUT2D eigenvalue weighted by molar-refractivity contribution is 0.381. The van der Waals surface area contributed by atoms with E-state index in [2.05, 4.69) is 0 Å². The molecule has 0 amide bonds. The first-order valence-electron chi connectivity index (χ1n) is 4.25. The maximum absolute atomic E-state index is 13.1. The van der Waals surface area contributed by atoms with Gasteiger partial charge in [-0.25, -0.2) is 26.5 Å². The molecule has 0 fully saturated rings. The second-order valence-electron chi connectivity index (χ2n) is 3.15. The predicted molar refractivity (Wildman–Crippen MR) is 59.3 cm³/mol. The second kappa shape index (κ2) is 5.63. The molecule has 1 atom stereocenters. The van der Waals surface area contributed by atoms with Crippen molar-refractivity contribution in [3.05, 3.63) is 29.1 Å². The Kier molecular flexibility index (Phi) is 4.90. The van der Waals surface area contributed by atoms with Gasteiger partial charge in [0.15, 0.2) is 23.3 Å². The van der Waals surface area contributed by atoms with E-state index in [-0.39, 0.29) is 0 Å². The highest BCUT2D eigenvalue weighted by Gasteiger charge is 2.35. The molecule has 0 radical (unpaired) electrons. The normalized spacial score (nSPS) is 15.0. The zero-order chi connectivity index (χ0) is 15.9. The van der Waals surface area contributed by atoms with Crippen molar-refractivity contribution >= 4 is 30.2 Å². The first-order valence-corrected chi connectivity index (χ1v) is 9.55. The lowest BCUT2D eigenvalue weighted by atomic mass is 10.2. The molecule has 1 aromatic rings. The molecular weight excluding hydrogens is 355 g/mol. The van der Waals surface area contributed by atoms with Gasteiger partial charge in [0.25, 0.3) is 0 Å². The van der Waals surface area contributed by atoms with Gasteiger partial charge in [0.2, 0.25) is 5.82 Å². The highest BCUT2D eigenvalue weighted by molar-refractivity contribution is 8.85. The summed E-state index contributed by atoms with van der Waals surface area (Å²) >= 11 is -0.918. The molecule has 0 heterocycles. The van der Waals surface area contributed by atoms with Gasteiger partial charge in [0.1, 0.15) is 5.69 Å². The number of nitrogens with one attached hydrogen (secondary N) is 1. The molecule has 0 aliphatic carbocycles. The molecule has 0 aliphatic rings. The molecule has 0 saturated carbocycles. The summed E-state index contributed by atoms with van der Waals surface area (Å²) in [6, 6.07) is 0. The van der Waals surface area contributed by atoms with E-state index in [0.717, 1.165) is 5.09 Å². The number of halogens is 5. The van der Waals surface area contributed by atoms with E-state index in [1.807, 2.05) is 0 Å². The summed E-state index contributed by atoms with van der Waals surface area (Å²) < 4.78 is 86.3. The van der Waals surface area contributed by atoms with E-state index in [0.29, 0.717) is 0 Å². The van der Waals surface area contributed by atoms with Crippen LogP contribution < -0.4 is 5.09 Å². The molecule has 0 saturated heterocycles. The minimum atomic E-state index is -5.18. The molecule has 0 bridgehead atoms. The van der Waals surface area contributed by atoms with Crippen molar-refractivity contribution in [1.82, 2.24) is 0 Å². The number of hydrogen-bond acceptors (Lipinski definition) is 3. The molecule has 14 heteroatoms. The number of hydrogen-bond donors (Lipinski definition) is 4. The van der Waals surface area contributed by atoms with Crippen LogP contribution in [0.4, 0.5) is 27.6 Å². The Morgan fingerprint density at radius 3 is 1.50 bits per heavy atom. The van der Waals surface area contributed by atoms with Gasteiger partial charge in [0.05, 0.1) is 11.0 Å². The fourth-order valence-electron chi connectivity index (χ4n) is 1.01. The summed E-state index contributed by atoms with van der Waals surface area (Å²) in [5.41, 5.74) is -1.87. The second-order valence-corrected chi connectivity index (χ2v) is 10.4. The Hall–Kier alpha value is -0.640. The highest BCUT2D eigenvalue weighted by Crippen LogP contribution is 2.71. The van der Waals surface area contributed by atoms with Crippen LogP contribution in [-0.4, -0.2) is 14.7 Å². The number of rotatable bonds is 4. The van der Waals surface area contributed by atoms with Crippen LogP contribution in [-0.2, 0) is 9.13 Å². The first-order chi connectivity index (χ1) is 8.86. The van der Waals surface area contributed by atoms with Crippen molar-refractivity contribution in [1.29, 1.82) is 0 Å². The number of anilines is 1. The van der Waals surface area contributed by atoms with E-state index in [1.165, 1.54) is 0 Å². The van der Waals surface area contributed by atoms with Crippen molar-refractivity contribution < 1.29 is 45.8 Å². The molecule has 20 heavy (non-hydrogen) atoms. The van der Waals surface area contributed by atoms with Gasteiger partial charge in [-0.1, -0.05) is 0 Å². The maximum Gasteiger partial charge on any atom is 0.394 e. The number of benzene rings is 1. The van der Waals surface area contributed by atoms with Crippen molar-refractivity contribution in [2.75, 3.05) is 5.09 Å². The fourth-order valence-corrected chi connectivity index (χ4v) is 6.04. The molecule has 1 unspecified atom stereocenters. The third kappa shape index (κ3) is 3.94. The van der Waals surface area contributed by atoms with Crippen LogP contribution in [0.1, 0.15) is 0 Å². The summed E-state index contributed by atoms with van der Waals surface area (Å²) in [6.07, 6.45) is 0. The summed E-state index contributed by atoms with van der Waals surface area (Å²) in [4.78, 5) is 25.9. The van der Waals surface area contributed by atoms with E-state index in [4.69, 9.17) is 14.7 Å². The van der Waals surface area contributed by atoms with Crippen LogP contribution in [0.3, 0.4) is 0 Å². The van der Waals surface area contributed by atoms with Crippen LogP contribution in [0.15, 0.2) is 0 Å². The van der Waals surface area contributed by atoms with Gasteiger partial charge in [-0.05, 0) is 0 Å². The Balaban J connectivity index is 3.30. The third-order valence-corrected chi connectivity index (χ3v) is 8.10. The third-order valence-electron chi connectivity index (χ3n) is 1.68. The van der Waals surface area contributed by atoms with Crippen molar-refractivity contribution in [3.63, 3.8) is 0 Å². The standard InChI is InChI=1S/C6H4F5NO5P2S/c7-1-2(8)4(10)6(5(11)3(1)9)12-18(13,14)20-19(15,16)17/h(H2,12,13,14)(H2,15,16,17). The highest BCUT2D eigenvalue weighted by atomic mass is 33.1. The van der Waals surface area contributed by atoms with Crippen molar-refractivity contribution in [2.45, 2.75) is 0 Å². The van der Waals surface area contributed by atoms with E-state index >= 15 is 0 Å². The average molecular weight is 359 g/mol. The van der Waals surface area contributed by atoms with Gasteiger partial charge in [-0.3, -0.25) is 4.57 Å². The van der Waals surface area contributed by atoms with E-state index in [9.17, 15) is 31.1 Å². The fraction of sp³-hybridized carbons (Fsp3) is 0. The van der Waals surface area contributed by atoms with Gasteiger partial charge in [-0.2, -0.15) is 0 Å². The molecule has 0 aromatic heterocycles. The summed E-state index contributed by atoms with van der Waals surface area (Å²) in [5.74, 6) is -12.1. The van der Waals surface area contributed by atoms with Gasteiger partial charge in [-0.15, -0.1) is 0 Å². The Labute approximate surface area is 111 Å². The van der Waals surface area contributed by atoms with Crippen molar-refractivity contribution in [2.24, 2.45) is 0 Å². The lowest BCUT2D eigenvalue weighted by Gasteiger charge is -2.15. The van der Waals surface area contributed by atoms with E-state index in [1.54, 1.807) is 0 Å². The molecule has 114 valence electrons. The molecule has 1 rings (SSSR count). The Morgan fingerprint density at radius 1 is 0.800 bits per heavy atom. The summed E-state index contributed by atoms with van der Waals surface area (Å²) in [5, 5.41) is 1.01. The van der Waals surface area contributed by atoms with Gasteiger partial charge < -0.3 is 19.8 Å². The zero-order valence-electron chi connectivity index (χ0n) is 8.85. The van der Waals surface area contributed by atoms with E-state index < -0.39 is 59.3 Å². The molecule has 4 N–H and O–H groups in total. The van der Waals surface area contributed by atoms with Crippen LogP contribution >= 0.6 is 24.5 Å². The topological polar surface area (TPSA) is 107 Å². The monoisotopic (exact) mass is 359 g/mol. The first kappa shape index (κ1) is 17.4. The molecule has 1 aromatic carbocycles. The molecular formula is C6H4F5NO5P2S. The Morgan fingerprint density at radius 2 is 1.15 bits per heavy atom. The largest absolute Gasteiger partial charge is 0.394 e. The molecule has 6 nitrogen and oxygen atoms in total. The van der Waals surface area contributed by atoms with Gasteiger partial charge >= 0.3 is 13.5 Å². The lowest BCUT2D eigenvalue weighted by Crippen LogP contribution is -2.07. The molecule has 0 aliphatic heterocycles. The minimum absolute atomic E-state index is 0.918.